The molecule has 2 heterocycles. The second-order valence-electron chi connectivity index (χ2n) is 17.2. The van der Waals surface area contributed by atoms with Gasteiger partial charge < -0.3 is 9.47 Å². The molecule has 9 nitrogen and oxygen atoms in total. The van der Waals surface area contributed by atoms with E-state index in [1.165, 1.54) is 64.2 Å². The molecule has 4 aromatic carbocycles. The lowest BCUT2D eigenvalue weighted by atomic mass is 9.85. The van der Waals surface area contributed by atoms with Crippen LogP contribution in [0.3, 0.4) is 0 Å². The Morgan fingerprint density at radius 3 is 1.39 bits per heavy atom. The minimum absolute atomic E-state index is 0.0156. The highest BCUT2D eigenvalue weighted by Crippen LogP contribution is 2.30. The van der Waals surface area contributed by atoms with Gasteiger partial charge in [0, 0.05) is 49.1 Å². The Balaban J connectivity index is 1.12. The van der Waals surface area contributed by atoms with Gasteiger partial charge in [0.25, 0.3) is 0 Å². The number of nitrogens with zero attached hydrogens (tertiary/aromatic N) is 4. The maximum Gasteiger partial charge on any atom is 0.359 e. The Bertz CT molecular complexity index is 2370. The monoisotopic (exact) mass is 946 g/mol. The Kier molecular flexibility index (Phi) is 18.5. The normalized spacial score (nSPS) is 11.7. The van der Waals surface area contributed by atoms with Crippen molar-refractivity contribution in [1.82, 2.24) is 19.6 Å². The maximum absolute atomic E-state index is 13.9. The number of fused-ring (bicyclic) bond motifs is 2. The predicted molar refractivity (Wildman–Crippen MR) is 259 cm³/mol. The number of benzene rings is 4. The number of Topliss-reactive ketones (excluding diaryl/α,β-unsaturated/α-hetero) is 1. The van der Waals surface area contributed by atoms with Gasteiger partial charge in [-0.3, -0.25) is 14.2 Å². The molecule has 0 fully saturated rings. The molecule has 13 heteroatoms. The average Bonchev–Trinajstić information content (AvgIpc) is 3.84. The zero-order chi connectivity index (χ0) is 45.5. The fourth-order valence-corrected chi connectivity index (χ4v) is 9.02. The molecule has 0 aliphatic carbocycles. The van der Waals surface area contributed by atoms with Crippen molar-refractivity contribution in [2.75, 3.05) is 13.2 Å². The number of rotatable bonds is 26. The van der Waals surface area contributed by atoms with Gasteiger partial charge in [-0.25, -0.2) is 9.59 Å². The molecule has 0 spiro atoms. The Morgan fingerprint density at radius 1 is 0.562 bits per heavy atom. The number of aromatic nitrogens is 4. The molecule has 64 heavy (non-hydrogen) atoms. The molecule has 340 valence electrons. The van der Waals surface area contributed by atoms with Crippen LogP contribution in [0, 0.1) is 5.41 Å². The number of ether oxygens (including phenoxy) is 2. The van der Waals surface area contributed by atoms with Crippen LogP contribution in [0.2, 0.25) is 20.1 Å². The van der Waals surface area contributed by atoms with Crippen LogP contribution in [0.1, 0.15) is 142 Å². The van der Waals surface area contributed by atoms with Gasteiger partial charge in [-0.15, -0.1) is 0 Å². The second-order valence-corrected chi connectivity index (χ2v) is 18.9. The third-order valence-corrected chi connectivity index (χ3v) is 12.8. The van der Waals surface area contributed by atoms with Crippen LogP contribution < -0.4 is 0 Å². The molecule has 0 aliphatic heterocycles. The van der Waals surface area contributed by atoms with Crippen molar-refractivity contribution >= 4 is 85.9 Å². The molecular formula is C51H58Cl4N4O5. The van der Waals surface area contributed by atoms with Crippen molar-refractivity contribution in [3.63, 3.8) is 0 Å². The highest BCUT2D eigenvalue weighted by atomic mass is 35.5. The van der Waals surface area contributed by atoms with E-state index in [0.717, 1.165) is 41.4 Å². The summed E-state index contributed by atoms with van der Waals surface area (Å²) in [6.45, 7) is 4.24. The van der Waals surface area contributed by atoms with E-state index in [-0.39, 0.29) is 36.8 Å². The lowest BCUT2D eigenvalue weighted by Gasteiger charge is -2.27. The number of hydrogen-bond donors (Lipinski definition) is 0. The van der Waals surface area contributed by atoms with E-state index >= 15 is 0 Å². The topological polar surface area (TPSA) is 105 Å². The van der Waals surface area contributed by atoms with Crippen molar-refractivity contribution in [1.29, 1.82) is 0 Å². The van der Waals surface area contributed by atoms with E-state index < -0.39 is 17.4 Å². The molecule has 6 rings (SSSR count). The number of esters is 2. The molecule has 0 saturated carbocycles. The largest absolute Gasteiger partial charge is 0.460 e. The van der Waals surface area contributed by atoms with Gasteiger partial charge in [-0.2, -0.15) is 10.2 Å². The van der Waals surface area contributed by atoms with Gasteiger partial charge in [-0.05, 0) is 53.9 Å². The smallest absolute Gasteiger partial charge is 0.359 e. The Hall–Kier alpha value is -4.41. The summed E-state index contributed by atoms with van der Waals surface area (Å²) in [5.41, 5.74) is 2.19. The lowest BCUT2D eigenvalue weighted by Crippen LogP contribution is -2.34. The van der Waals surface area contributed by atoms with Crippen molar-refractivity contribution in [3.05, 3.63) is 128 Å². The summed E-state index contributed by atoms with van der Waals surface area (Å²) < 4.78 is 15.4. The third kappa shape index (κ3) is 13.8. The van der Waals surface area contributed by atoms with Crippen molar-refractivity contribution in [2.24, 2.45) is 5.41 Å². The molecule has 0 amide bonds. The first-order chi connectivity index (χ1) is 30.9. The first-order valence-corrected chi connectivity index (χ1v) is 24.1. The summed E-state index contributed by atoms with van der Waals surface area (Å²) in [5, 5.41) is 12.5. The molecule has 0 radical (unpaired) electrons. The van der Waals surface area contributed by atoms with Crippen LogP contribution in [-0.4, -0.2) is 50.5 Å². The molecule has 6 aromatic rings. The molecule has 0 saturated heterocycles. The molecule has 0 N–H and O–H groups in total. The van der Waals surface area contributed by atoms with Crippen LogP contribution in [0.5, 0.6) is 0 Å². The number of ketones is 1. The number of carbonyl (C=O) groups is 3. The summed E-state index contributed by atoms with van der Waals surface area (Å²) in [7, 11) is 0. The third-order valence-electron chi connectivity index (χ3n) is 11.7. The first-order valence-electron chi connectivity index (χ1n) is 22.6. The predicted octanol–water partition coefficient (Wildman–Crippen LogP) is 14.6. The number of carbonyl (C=O) groups excluding carboxylic acids is 3. The van der Waals surface area contributed by atoms with Crippen LogP contribution >= 0.6 is 46.4 Å². The van der Waals surface area contributed by atoms with E-state index in [2.05, 4.69) is 17.1 Å². The van der Waals surface area contributed by atoms with Gasteiger partial charge in [0.2, 0.25) is 0 Å². The average molecular weight is 949 g/mol. The number of halogens is 4. The standard InChI is InChI=1S/C51H58Cl4N4O5/c1-3-4-5-6-7-8-9-10-11-12-13-14-15-20-40(60)31-51(2,34-63-49(61)47-41-21-16-18-23-45(41)58(56-47)32-36-25-27-38(52)29-43(36)54)35-64-50(62)48-42-22-17-19-24-46(42)59(57-48)33-37-26-28-39(53)30-44(37)55/h16-19,21-30H,3-15,20,31-35H2,1-2H3. The maximum atomic E-state index is 13.9. The fraction of sp³-hybridized carbons (Fsp3) is 0.431. The molecule has 0 atom stereocenters. The highest BCUT2D eigenvalue weighted by Gasteiger charge is 2.33. The van der Waals surface area contributed by atoms with Crippen molar-refractivity contribution in [3.8, 4) is 0 Å². The Morgan fingerprint density at radius 2 is 0.969 bits per heavy atom. The zero-order valence-electron chi connectivity index (χ0n) is 36.9. The summed E-state index contributed by atoms with van der Waals surface area (Å²) >= 11 is 25.3. The summed E-state index contributed by atoms with van der Waals surface area (Å²) in [6.07, 6.45) is 16.2. The fourth-order valence-electron chi connectivity index (χ4n) is 8.08. The van der Waals surface area contributed by atoms with Crippen molar-refractivity contribution < 1.29 is 23.9 Å². The van der Waals surface area contributed by atoms with E-state index in [1.807, 2.05) is 60.7 Å². The summed E-state index contributed by atoms with van der Waals surface area (Å²) in [5.74, 6) is -1.31. The van der Waals surface area contributed by atoms with Gasteiger partial charge >= 0.3 is 11.9 Å². The van der Waals surface area contributed by atoms with E-state index in [4.69, 9.17) is 55.9 Å². The van der Waals surface area contributed by atoms with E-state index in [9.17, 15) is 14.4 Å². The van der Waals surface area contributed by atoms with E-state index in [1.54, 1.807) is 40.6 Å². The van der Waals surface area contributed by atoms with Crippen LogP contribution in [-0.2, 0) is 27.4 Å². The van der Waals surface area contributed by atoms with Crippen LogP contribution in [0.15, 0.2) is 84.9 Å². The lowest BCUT2D eigenvalue weighted by molar-refractivity contribution is -0.123. The number of hydrogen-bond acceptors (Lipinski definition) is 7. The molecule has 0 aliphatic rings. The zero-order valence-corrected chi connectivity index (χ0v) is 39.9. The first kappa shape index (κ1) is 49.0. The van der Waals surface area contributed by atoms with Crippen LogP contribution in [0.4, 0.5) is 0 Å². The van der Waals surface area contributed by atoms with Gasteiger partial charge in [0.1, 0.15) is 19.0 Å². The van der Waals surface area contributed by atoms with Crippen LogP contribution in [0.25, 0.3) is 21.8 Å². The minimum Gasteiger partial charge on any atom is -0.460 e. The van der Waals surface area contributed by atoms with Gasteiger partial charge in [-0.1, -0.05) is 186 Å². The van der Waals surface area contributed by atoms with Gasteiger partial charge in [0.15, 0.2) is 11.4 Å². The minimum atomic E-state index is -1.05. The Labute approximate surface area is 396 Å². The number of para-hydroxylation sites is 2. The summed E-state index contributed by atoms with van der Waals surface area (Å²) in [4.78, 5) is 41.5. The molecule has 0 unspecified atom stereocenters. The van der Waals surface area contributed by atoms with E-state index in [0.29, 0.717) is 50.4 Å². The molecule has 0 bridgehead atoms. The quantitative estimate of drug-likeness (QED) is 0.0394. The van der Waals surface area contributed by atoms with Gasteiger partial charge in [0.05, 0.1) is 24.1 Å². The second kappa shape index (κ2) is 24.2. The van der Waals surface area contributed by atoms with Crippen molar-refractivity contribution in [2.45, 2.75) is 123 Å². The molecular weight excluding hydrogens is 890 g/mol. The SMILES string of the molecule is CCCCCCCCCCCCCCCC(=O)CC(C)(COC(=O)c1nn(Cc2ccc(Cl)cc2Cl)c2ccccc12)COC(=O)c1nn(Cc2ccc(Cl)cc2Cl)c2ccccc12. The number of unbranched alkanes of at least 4 members (excludes halogenated alkanes) is 12. The molecule has 2 aromatic heterocycles. The highest BCUT2D eigenvalue weighted by molar-refractivity contribution is 6.35. The summed E-state index contributed by atoms with van der Waals surface area (Å²) in [6, 6.07) is 25.2.